The summed E-state index contributed by atoms with van der Waals surface area (Å²) in [5, 5.41) is 5.28. The lowest BCUT2D eigenvalue weighted by Gasteiger charge is -2.15. The van der Waals surface area contributed by atoms with Gasteiger partial charge >= 0.3 is 5.69 Å². The first-order valence-corrected chi connectivity index (χ1v) is 7.29. The van der Waals surface area contributed by atoms with E-state index in [1.54, 1.807) is 0 Å². The van der Waals surface area contributed by atoms with E-state index in [1.807, 2.05) is 67.5 Å². The molecular formula is C17H15N5O. The smallest absolute Gasteiger partial charge is 0.348 e. The Labute approximate surface area is 132 Å². The standard InChI is InChI=1S/C17H15N5O/c1-21(2)14-10-6-4-8-12(14)15-19-16-11-7-3-5-9-13(11)18-17(23)22(16)20-15/h3-10H,1-2H3,(H,18,23). The van der Waals surface area contributed by atoms with Crippen molar-refractivity contribution in [2.45, 2.75) is 0 Å². The van der Waals surface area contributed by atoms with Gasteiger partial charge in [0.25, 0.3) is 0 Å². The number of hydrogen-bond donors (Lipinski definition) is 1. The number of hydrogen-bond acceptors (Lipinski definition) is 4. The molecule has 114 valence electrons. The van der Waals surface area contributed by atoms with Crippen molar-refractivity contribution in [3.8, 4) is 11.4 Å². The van der Waals surface area contributed by atoms with Gasteiger partial charge in [-0.1, -0.05) is 24.3 Å². The zero-order chi connectivity index (χ0) is 16.0. The van der Waals surface area contributed by atoms with Crippen molar-refractivity contribution in [1.82, 2.24) is 19.6 Å². The minimum atomic E-state index is -0.292. The van der Waals surface area contributed by atoms with Gasteiger partial charge in [0.2, 0.25) is 0 Å². The van der Waals surface area contributed by atoms with Crippen LogP contribution in [0.2, 0.25) is 0 Å². The zero-order valence-electron chi connectivity index (χ0n) is 12.8. The highest BCUT2D eigenvalue weighted by atomic mass is 16.1. The van der Waals surface area contributed by atoms with E-state index in [0.29, 0.717) is 11.5 Å². The second-order valence-corrected chi connectivity index (χ2v) is 5.56. The molecule has 1 N–H and O–H groups in total. The third-order valence-electron chi connectivity index (χ3n) is 3.84. The van der Waals surface area contributed by atoms with Crippen molar-refractivity contribution in [1.29, 1.82) is 0 Å². The zero-order valence-corrected chi connectivity index (χ0v) is 12.8. The van der Waals surface area contributed by atoms with Crippen LogP contribution in [0.15, 0.2) is 53.3 Å². The summed E-state index contributed by atoms with van der Waals surface area (Å²) in [6.07, 6.45) is 0. The first-order chi connectivity index (χ1) is 11.1. The number of nitrogens with zero attached hydrogens (tertiary/aromatic N) is 4. The van der Waals surface area contributed by atoms with E-state index in [0.717, 1.165) is 22.2 Å². The summed E-state index contributed by atoms with van der Waals surface area (Å²) in [4.78, 5) is 21.7. The van der Waals surface area contributed by atoms with Crippen LogP contribution in [0.25, 0.3) is 27.9 Å². The van der Waals surface area contributed by atoms with E-state index >= 15 is 0 Å². The van der Waals surface area contributed by atoms with Crippen molar-refractivity contribution in [2.24, 2.45) is 0 Å². The van der Waals surface area contributed by atoms with E-state index in [4.69, 9.17) is 0 Å². The number of fused-ring (bicyclic) bond motifs is 3. The van der Waals surface area contributed by atoms with E-state index in [9.17, 15) is 4.79 Å². The molecule has 0 bridgehead atoms. The molecule has 0 spiro atoms. The predicted molar refractivity (Wildman–Crippen MR) is 90.9 cm³/mol. The molecule has 2 aromatic heterocycles. The second kappa shape index (κ2) is 4.95. The summed E-state index contributed by atoms with van der Waals surface area (Å²) in [6.45, 7) is 0. The number of anilines is 1. The average Bonchev–Trinajstić information content (AvgIpc) is 3.01. The molecule has 2 heterocycles. The Morgan fingerprint density at radius 3 is 2.61 bits per heavy atom. The largest absolute Gasteiger partial charge is 0.377 e. The molecule has 0 radical (unpaired) electrons. The fourth-order valence-corrected chi connectivity index (χ4v) is 2.75. The average molecular weight is 305 g/mol. The van der Waals surface area contributed by atoms with Gasteiger partial charge in [0.15, 0.2) is 11.5 Å². The minimum absolute atomic E-state index is 0.292. The van der Waals surface area contributed by atoms with Gasteiger partial charge < -0.3 is 9.88 Å². The number of nitrogens with one attached hydrogen (secondary N) is 1. The third kappa shape index (κ3) is 2.07. The van der Waals surface area contributed by atoms with Gasteiger partial charge in [-0.3, -0.25) is 0 Å². The maximum atomic E-state index is 12.3. The first-order valence-electron chi connectivity index (χ1n) is 7.29. The molecule has 4 aromatic rings. The lowest BCUT2D eigenvalue weighted by molar-refractivity contribution is 0.885. The van der Waals surface area contributed by atoms with Crippen molar-refractivity contribution in [3.05, 3.63) is 59.0 Å². The van der Waals surface area contributed by atoms with Gasteiger partial charge in [-0.05, 0) is 24.3 Å². The molecular weight excluding hydrogens is 290 g/mol. The summed E-state index contributed by atoms with van der Waals surface area (Å²) < 4.78 is 1.32. The second-order valence-electron chi connectivity index (χ2n) is 5.56. The lowest BCUT2D eigenvalue weighted by atomic mass is 10.1. The Hall–Kier alpha value is -3.15. The molecule has 0 unspecified atom stereocenters. The molecule has 0 amide bonds. The molecule has 4 rings (SSSR count). The van der Waals surface area contributed by atoms with Crippen LogP contribution < -0.4 is 10.6 Å². The Balaban J connectivity index is 2.06. The molecule has 6 heteroatoms. The molecule has 0 aliphatic rings. The lowest BCUT2D eigenvalue weighted by Crippen LogP contribution is -2.17. The van der Waals surface area contributed by atoms with Crippen LogP contribution in [0.1, 0.15) is 0 Å². The van der Waals surface area contributed by atoms with Gasteiger partial charge in [0.1, 0.15) is 0 Å². The molecule has 0 fully saturated rings. The van der Waals surface area contributed by atoms with Crippen molar-refractivity contribution >= 4 is 22.2 Å². The molecule has 0 saturated heterocycles. The number of rotatable bonds is 2. The summed E-state index contributed by atoms with van der Waals surface area (Å²) in [6, 6.07) is 15.5. The maximum absolute atomic E-state index is 12.3. The van der Waals surface area contributed by atoms with Crippen molar-refractivity contribution < 1.29 is 0 Å². The number of aromatic amines is 1. The summed E-state index contributed by atoms with van der Waals surface area (Å²) in [5.74, 6) is 0.538. The van der Waals surface area contributed by atoms with Crippen LogP contribution in [-0.2, 0) is 0 Å². The van der Waals surface area contributed by atoms with Crippen LogP contribution in [0.5, 0.6) is 0 Å². The van der Waals surface area contributed by atoms with Crippen LogP contribution in [0.3, 0.4) is 0 Å². The minimum Gasteiger partial charge on any atom is -0.377 e. The topological polar surface area (TPSA) is 66.3 Å². The van der Waals surface area contributed by atoms with Gasteiger partial charge in [0.05, 0.1) is 5.52 Å². The number of aromatic nitrogens is 4. The number of H-pyrrole nitrogens is 1. The molecule has 23 heavy (non-hydrogen) atoms. The molecule has 0 saturated carbocycles. The molecule has 0 aliphatic heterocycles. The number of benzene rings is 2. The molecule has 2 aromatic carbocycles. The highest BCUT2D eigenvalue weighted by Crippen LogP contribution is 2.28. The fourth-order valence-electron chi connectivity index (χ4n) is 2.75. The normalized spacial score (nSPS) is 11.2. The van der Waals surface area contributed by atoms with Gasteiger partial charge in [-0.15, -0.1) is 5.10 Å². The first kappa shape index (κ1) is 13.5. The Morgan fingerprint density at radius 2 is 1.78 bits per heavy atom. The third-order valence-corrected chi connectivity index (χ3v) is 3.84. The maximum Gasteiger partial charge on any atom is 0.348 e. The Kier molecular flexibility index (Phi) is 2.90. The fraction of sp³-hybridized carbons (Fsp3) is 0.118. The van der Waals surface area contributed by atoms with Crippen LogP contribution in [0, 0.1) is 0 Å². The monoisotopic (exact) mass is 305 g/mol. The Bertz CT molecular complexity index is 1080. The highest BCUT2D eigenvalue weighted by Gasteiger charge is 2.15. The van der Waals surface area contributed by atoms with Crippen LogP contribution in [-0.4, -0.2) is 33.7 Å². The molecule has 0 atom stereocenters. The van der Waals surface area contributed by atoms with E-state index in [2.05, 4.69) is 15.1 Å². The predicted octanol–water partition coefficient (Wildman–Crippen LogP) is 2.30. The van der Waals surface area contributed by atoms with Crippen molar-refractivity contribution in [3.63, 3.8) is 0 Å². The molecule has 6 nitrogen and oxygen atoms in total. The van der Waals surface area contributed by atoms with Crippen LogP contribution in [0.4, 0.5) is 5.69 Å². The quantitative estimate of drug-likeness (QED) is 0.617. The van der Waals surface area contributed by atoms with E-state index < -0.39 is 0 Å². The Morgan fingerprint density at radius 1 is 1.04 bits per heavy atom. The van der Waals surface area contributed by atoms with Crippen LogP contribution >= 0.6 is 0 Å². The summed E-state index contributed by atoms with van der Waals surface area (Å²) >= 11 is 0. The summed E-state index contributed by atoms with van der Waals surface area (Å²) in [7, 11) is 3.94. The van der Waals surface area contributed by atoms with Gasteiger partial charge in [-0.25, -0.2) is 9.78 Å². The number of para-hydroxylation sites is 2. The molecule has 0 aliphatic carbocycles. The van der Waals surface area contributed by atoms with Gasteiger partial charge in [-0.2, -0.15) is 4.52 Å². The van der Waals surface area contributed by atoms with Crippen molar-refractivity contribution in [2.75, 3.05) is 19.0 Å². The van der Waals surface area contributed by atoms with E-state index in [-0.39, 0.29) is 5.69 Å². The van der Waals surface area contributed by atoms with Gasteiger partial charge in [0, 0.05) is 30.7 Å². The summed E-state index contributed by atoms with van der Waals surface area (Å²) in [5.41, 5.74) is 2.92. The highest BCUT2D eigenvalue weighted by molar-refractivity contribution is 5.91. The van der Waals surface area contributed by atoms with E-state index in [1.165, 1.54) is 4.52 Å². The SMILES string of the molecule is CN(C)c1ccccc1-c1nc2c3ccccc3[nH]c(=O)n2n1.